The lowest BCUT2D eigenvalue weighted by atomic mass is 10.1. The van der Waals surface area contributed by atoms with E-state index in [0.29, 0.717) is 13.0 Å². The van der Waals surface area contributed by atoms with Crippen LogP contribution in [0.1, 0.15) is 24.0 Å². The lowest BCUT2D eigenvalue weighted by Gasteiger charge is -2.23. The first kappa shape index (κ1) is 17.2. The molecule has 0 radical (unpaired) electrons. The van der Waals surface area contributed by atoms with Crippen LogP contribution in [0, 0.1) is 6.92 Å². The van der Waals surface area contributed by atoms with Gasteiger partial charge in [-0.1, -0.05) is 53.3 Å². The number of benzene rings is 2. The van der Waals surface area contributed by atoms with Crippen molar-refractivity contribution >= 4 is 32.6 Å². The van der Waals surface area contributed by atoms with Crippen LogP contribution in [0.2, 0.25) is 0 Å². The highest BCUT2D eigenvalue weighted by Crippen LogP contribution is 2.30. The van der Waals surface area contributed by atoms with E-state index in [2.05, 4.69) is 6.92 Å². The Hall–Kier alpha value is -2.24. The summed E-state index contributed by atoms with van der Waals surface area (Å²) in [6.45, 7) is 3.41. The van der Waals surface area contributed by atoms with Crippen molar-refractivity contribution in [2.45, 2.75) is 32.3 Å². The number of aryl methyl sites for hydroxylation is 1. The van der Waals surface area contributed by atoms with Gasteiger partial charge in [-0.25, -0.2) is 4.98 Å². The number of para-hydroxylation sites is 1. The quantitative estimate of drug-likeness (QED) is 0.674. The second kappa shape index (κ2) is 7.56. The summed E-state index contributed by atoms with van der Waals surface area (Å²) in [5, 5.41) is 0.763. The minimum Gasteiger partial charge on any atom is -0.376 e. The minimum atomic E-state index is 0.0726. The molecule has 2 heterocycles. The highest BCUT2D eigenvalue weighted by atomic mass is 32.1. The molecule has 134 valence electrons. The molecule has 0 bridgehead atoms. The molecule has 1 aliphatic rings. The predicted molar refractivity (Wildman–Crippen MR) is 106 cm³/mol. The van der Waals surface area contributed by atoms with Crippen LogP contribution in [0.4, 0.5) is 5.13 Å². The summed E-state index contributed by atoms with van der Waals surface area (Å²) < 4.78 is 6.88. The van der Waals surface area contributed by atoms with E-state index in [1.807, 2.05) is 53.4 Å². The number of amides is 1. The molecule has 0 aliphatic carbocycles. The maximum atomic E-state index is 13.1. The summed E-state index contributed by atoms with van der Waals surface area (Å²) in [6.07, 6.45) is 2.54. The third-order valence-electron chi connectivity index (χ3n) is 4.70. The fraction of sp³-hybridized carbons (Fsp3) is 0.333. The summed E-state index contributed by atoms with van der Waals surface area (Å²) in [6, 6.07) is 16.2. The van der Waals surface area contributed by atoms with Crippen LogP contribution < -0.4 is 4.90 Å². The smallest absolute Gasteiger partial charge is 0.233 e. The Bertz CT molecular complexity index is 865. The molecule has 1 amide bonds. The highest BCUT2D eigenvalue weighted by molar-refractivity contribution is 7.22. The number of carbonyl (C=O) groups is 1. The summed E-state index contributed by atoms with van der Waals surface area (Å²) in [7, 11) is 0. The fourth-order valence-electron chi connectivity index (χ4n) is 3.23. The molecule has 1 aliphatic heterocycles. The Morgan fingerprint density at radius 2 is 2.04 bits per heavy atom. The number of rotatable bonds is 5. The molecule has 4 rings (SSSR count). The lowest BCUT2D eigenvalue weighted by Crippen LogP contribution is -2.38. The third-order valence-corrected chi connectivity index (χ3v) is 5.76. The van der Waals surface area contributed by atoms with Gasteiger partial charge in [0.2, 0.25) is 5.91 Å². The summed E-state index contributed by atoms with van der Waals surface area (Å²) in [5.74, 6) is 0.0726. The van der Waals surface area contributed by atoms with Gasteiger partial charge in [-0.3, -0.25) is 9.69 Å². The van der Waals surface area contributed by atoms with Gasteiger partial charge in [0.1, 0.15) is 0 Å². The first-order chi connectivity index (χ1) is 12.7. The van der Waals surface area contributed by atoms with Crippen molar-refractivity contribution in [2.75, 3.05) is 18.1 Å². The number of fused-ring (bicyclic) bond motifs is 1. The average Bonchev–Trinajstić information content (AvgIpc) is 3.30. The molecule has 4 nitrogen and oxygen atoms in total. The molecule has 1 fully saturated rings. The number of carbonyl (C=O) groups excluding carboxylic acids is 1. The molecule has 5 heteroatoms. The van der Waals surface area contributed by atoms with Gasteiger partial charge in [0, 0.05) is 6.61 Å². The maximum absolute atomic E-state index is 13.1. The van der Waals surface area contributed by atoms with E-state index in [1.54, 1.807) is 11.3 Å². The van der Waals surface area contributed by atoms with Gasteiger partial charge in [0.05, 0.1) is 29.3 Å². The Kier molecular flexibility index (Phi) is 5.00. The van der Waals surface area contributed by atoms with E-state index >= 15 is 0 Å². The van der Waals surface area contributed by atoms with Crippen LogP contribution in [0.25, 0.3) is 10.2 Å². The van der Waals surface area contributed by atoms with Crippen molar-refractivity contribution in [1.82, 2.24) is 4.98 Å². The van der Waals surface area contributed by atoms with Crippen molar-refractivity contribution in [3.8, 4) is 0 Å². The topological polar surface area (TPSA) is 42.4 Å². The van der Waals surface area contributed by atoms with E-state index in [4.69, 9.17) is 9.72 Å². The van der Waals surface area contributed by atoms with Crippen LogP contribution in [-0.2, 0) is 16.0 Å². The Balaban J connectivity index is 1.60. The summed E-state index contributed by atoms with van der Waals surface area (Å²) >= 11 is 1.57. The average molecular weight is 366 g/mol. The van der Waals surface area contributed by atoms with Gasteiger partial charge in [-0.05, 0) is 37.5 Å². The minimum absolute atomic E-state index is 0.0726. The lowest BCUT2D eigenvalue weighted by molar-refractivity contribution is -0.118. The largest absolute Gasteiger partial charge is 0.376 e. The van der Waals surface area contributed by atoms with Gasteiger partial charge < -0.3 is 4.74 Å². The van der Waals surface area contributed by atoms with E-state index in [1.165, 1.54) is 5.56 Å². The van der Waals surface area contributed by atoms with E-state index in [0.717, 1.165) is 40.4 Å². The molecule has 2 aromatic carbocycles. The standard InChI is InChI=1S/C21H22N2O2S/c1-15-8-10-16(11-9-15)13-20(24)23(14-17-5-4-12-25-17)21-22-18-6-2-3-7-19(18)26-21/h2-3,6-11,17H,4-5,12-14H2,1H3. The zero-order valence-corrected chi connectivity index (χ0v) is 15.7. The molecule has 1 saturated heterocycles. The normalized spacial score (nSPS) is 16.9. The number of ether oxygens (including phenoxy) is 1. The molecule has 26 heavy (non-hydrogen) atoms. The number of anilines is 1. The van der Waals surface area contributed by atoms with Crippen molar-refractivity contribution in [1.29, 1.82) is 0 Å². The molecular weight excluding hydrogens is 344 g/mol. The number of hydrogen-bond acceptors (Lipinski definition) is 4. The summed E-state index contributed by atoms with van der Waals surface area (Å²) in [5.41, 5.74) is 3.16. The SMILES string of the molecule is Cc1ccc(CC(=O)N(CC2CCCO2)c2nc3ccccc3s2)cc1. The van der Waals surface area contributed by atoms with Crippen molar-refractivity contribution in [3.05, 3.63) is 59.7 Å². The molecule has 1 atom stereocenters. The van der Waals surface area contributed by atoms with E-state index in [-0.39, 0.29) is 12.0 Å². The van der Waals surface area contributed by atoms with Crippen LogP contribution in [-0.4, -0.2) is 30.1 Å². The van der Waals surface area contributed by atoms with Crippen molar-refractivity contribution in [3.63, 3.8) is 0 Å². The van der Waals surface area contributed by atoms with Gasteiger partial charge in [-0.15, -0.1) is 0 Å². The van der Waals surface area contributed by atoms with Crippen LogP contribution in [0.5, 0.6) is 0 Å². The summed E-state index contributed by atoms with van der Waals surface area (Å²) in [4.78, 5) is 19.6. The number of thiazole rings is 1. The highest BCUT2D eigenvalue weighted by Gasteiger charge is 2.26. The molecule has 0 spiro atoms. The Labute approximate surface area is 157 Å². The number of hydrogen-bond donors (Lipinski definition) is 0. The fourth-order valence-corrected chi connectivity index (χ4v) is 4.22. The van der Waals surface area contributed by atoms with Crippen molar-refractivity contribution < 1.29 is 9.53 Å². The van der Waals surface area contributed by atoms with E-state index < -0.39 is 0 Å². The van der Waals surface area contributed by atoms with Crippen molar-refractivity contribution in [2.24, 2.45) is 0 Å². The number of nitrogens with zero attached hydrogens (tertiary/aromatic N) is 2. The zero-order chi connectivity index (χ0) is 17.9. The molecule has 3 aromatic rings. The van der Waals surface area contributed by atoms with Crippen LogP contribution >= 0.6 is 11.3 Å². The maximum Gasteiger partial charge on any atom is 0.233 e. The second-order valence-corrected chi connectivity index (χ2v) is 7.78. The van der Waals surface area contributed by atoms with Crippen LogP contribution in [0.3, 0.4) is 0 Å². The first-order valence-corrected chi connectivity index (χ1v) is 9.84. The zero-order valence-electron chi connectivity index (χ0n) is 14.9. The van der Waals surface area contributed by atoms with Gasteiger partial charge >= 0.3 is 0 Å². The molecular formula is C21H22N2O2S. The van der Waals surface area contributed by atoms with Gasteiger partial charge in [0.15, 0.2) is 5.13 Å². The van der Waals surface area contributed by atoms with Gasteiger partial charge in [-0.2, -0.15) is 0 Å². The van der Waals surface area contributed by atoms with Crippen LogP contribution in [0.15, 0.2) is 48.5 Å². The molecule has 0 N–H and O–H groups in total. The predicted octanol–water partition coefficient (Wildman–Crippen LogP) is 4.36. The number of aromatic nitrogens is 1. The molecule has 0 saturated carbocycles. The van der Waals surface area contributed by atoms with Gasteiger partial charge in [0.25, 0.3) is 0 Å². The first-order valence-electron chi connectivity index (χ1n) is 9.02. The Morgan fingerprint density at radius 3 is 2.77 bits per heavy atom. The monoisotopic (exact) mass is 366 g/mol. The molecule has 1 aromatic heterocycles. The Morgan fingerprint density at radius 1 is 1.23 bits per heavy atom. The molecule has 1 unspecified atom stereocenters. The third kappa shape index (κ3) is 3.79. The van der Waals surface area contributed by atoms with E-state index in [9.17, 15) is 4.79 Å². The second-order valence-electron chi connectivity index (χ2n) is 6.77.